The van der Waals surface area contributed by atoms with Crippen LogP contribution in [0, 0.1) is 6.92 Å². The van der Waals surface area contributed by atoms with Gasteiger partial charge in [0.2, 0.25) is 0 Å². The molecule has 0 saturated carbocycles. The molecule has 0 fully saturated rings. The molecule has 0 radical (unpaired) electrons. The summed E-state index contributed by atoms with van der Waals surface area (Å²) in [6.45, 7) is 2.08. The van der Waals surface area contributed by atoms with Crippen LogP contribution in [0.1, 0.15) is 17.1 Å². The van der Waals surface area contributed by atoms with E-state index in [9.17, 15) is 4.79 Å². The van der Waals surface area contributed by atoms with Crippen LogP contribution in [-0.4, -0.2) is 15.4 Å². The second kappa shape index (κ2) is 5.66. The molecule has 5 nitrogen and oxygen atoms in total. The molecule has 0 amide bonds. The Labute approximate surface area is 121 Å². The van der Waals surface area contributed by atoms with E-state index in [1.807, 2.05) is 35.7 Å². The van der Waals surface area contributed by atoms with E-state index >= 15 is 0 Å². The fourth-order valence-corrected chi connectivity index (χ4v) is 2.06. The number of furan rings is 1. The van der Waals surface area contributed by atoms with Gasteiger partial charge in [-0.1, -0.05) is 6.07 Å². The molecule has 5 heteroatoms. The van der Waals surface area contributed by atoms with Gasteiger partial charge in [0.05, 0.1) is 17.7 Å². The average Bonchev–Trinajstić information content (AvgIpc) is 3.10. The summed E-state index contributed by atoms with van der Waals surface area (Å²) in [6, 6.07) is 9.26. The number of carbonyl (C=O) groups is 1. The quantitative estimate of drug-likeness (QED) is 0.545. The summed E-state index contributed by atoms with van der Waals surface area (Å²) in [7, 11) is 0. The maximum Gasteiger partial charge on any atom is 0.331 e. The Morgan fingerprint density at radius 1 is 1.38 bits per heavy atom. The van der Waals surface area contributed by atoms with Crippen molar-refractivity contribution in [2.45, 2.75) is 13.5 Å². The van der Waals surface area contributed by atoms with Crippen LogP contribution in [0.5, 0.6) is 0 Å². The summed E-state index contributed by atoms with van der Waals surface area (Å²) < 4.78 is 12.3. The van der Waals surface area contributed by atoms with Crippen molar-refractivity contribution in [2.24, 2.45) is 0 Å². The SMILES string of the molecule is Cc1nc2ccccn2c1COC(=O)/C=C/c1ccco1. The first-order valence-electron chi connectivity index (χ1n) is 6.55. The molecule has 0 aliphatic heterocycles. The van der Waals surface area contributed by atoms with Crippen molar-refractivity contribution in [3.8, 4) is 0 Å². The van der Waals surface area contributed by atoms with Crippen LogP contribution in [0.15, 0.2) is 53.3 Å². The Morgan fingerprint density at radius 3 is 3.10 bits per heavy atom. The zero-order valence-corrected chi connectivity index (χ0v) is 11.5. The first-order valence-corrected chi connectivity index (χ1v) is 6.55. The van der Waals surface area contributed by atoms with E-state index in [4.69, 9.17) is 9.15 Å². The van der Waals surface area contributed by atoms with E-state index in [1.54, 1.807) is 24.5 Å². The van der Waals surface area contributed by atoms with Gasteiger partial charge in [-0.15, -0.1) is 0 Å². The summed E-state index contributed by atoms with van der Waals surface area (Å²) in [5.74, 6) is 0.189. The lowest BCUT2D eigenvalue weighted by atomic mass is 10.3. The van der Waals surface area contributed by atoms with Crippen molar-refractivity contribution in [3.05, 3.63) is 66.0 Å². The fourth-order valence-electron chi connectivity index (χ4n) is 2.06. The predicted molar refractivity (Wildman–Crippen MR) is 77.5 cm³/mol. The Hall–Kier alpha value is -2.82. The van der Waals surface area contributed by atoms with E-state index < -0.39 is 5.97 Å². The molecule has 3 heterocycles. The first kappa shape index (κ1) is 13.2. The number of ether oxygens (including phenoxy) is 1. The standard InChI is InChI=1S/C16H14N2O3/c1-12-14(18-9-3-2-6-15(18)17-12)11-21-16(19)8-7-13-5-4-10-20-13/h2-10H,11H2,1H3/b8-7+. The lowest BCUT2D eigenvalue weighted by molar-refractivity contribution is -0.139. The minimum absolute atomic E-state index is 0.179. The van der Waals surface area contributed by atoms with Gasteiger partial charge < -0.3 is 13.6 Å². The molecule has 106 valence electrons. The van der Waals surface area contributed by atoms with Gasteiger partial charge in [0.15, 0.2) is 0 Å². The maximum absolute atomic E-state index is 11.7. The van der Waals surface area contributed by atoms with Crippen LogP contribution in [0.25, 0.3) is 11.7 Å². The Bertz CT molecular complexity index is 785. The summed E-state index contributed by atoms with van der Waals surface area (Å²) >= 11 is 0. The smallest absolute Gasteiger partial charge is 0.331 e. The highest BCUT2D eigenvalue weighted by molar-refractivity contribution is 5.86. The normalized spacial score (nSPS) is 11.3. The number of esters is 1. The monoisotopic (exact) mass is 282 g/mol. The number of fused-ring (bicyclic) bond motifs is 1. The third kappa shape index (κ3) is 2.86. The molecule has 3 rings (SSSR count). The van der Waals surface area contributed by atoms with Crippen LogP contribution in [0.3, 0.4) is 0 Å². The molecule has 21 heavy (non-hydrogen) atoms. The van der Waals surface area contributed by atoms with Crippen LogP contribution < -0.4 is 0 Å². The highest BCUT2D eigenvalue weighted by atomic mass is 16.5. The fraction of sp³-hybridized carbons (Fsp3) is 0.125. The minimum atomic E-state index is -0.420. The van der Waals surface area contributed by atoms with Crippen LogP contribution in [-0.2, 0) is 16.1 Å². The highest BCUT2D eigenvalue weighted by Gasteiger charge is 2.09. The zero-order valence-electron chi connectivity index (χ0n) is 11.5. The number of rotatable bonds is 4. The van der Waals surface area contributed by atoms with Gasteiger partial charge >= 0.3 is 5.97 Å². The molecule has 0 aromatic carbocycles. The van der Waals surface area contributed by atoms with Gasteiger partial charge in [0, 0.05) is 12.3 Å². The third-order valence-corrected chi connectivity index (χ3v) is 3.11. The highest BCUT2D eigenvalue weighted by Crippen LogP contribution is 2.13. The molecule has 0 unspecified atom stereocenters. The van der Waals surface area contributed by atoms with E-state index in [2.05, 4.69) is 4.98 Å². The van der Waals surface area contributed by atoms with Crippen molar-refractivity contribution < 1.29 is 13.9 Å². The van der Waals surface area contributed by atoms with Gasteiger partial charge in [0.1, 0.15) is 18.0 Å². The number of hydrogen-bond acceptors (Lipinski definition) is 4. The number of nitrogens with zero attached hydrogens (tertiary/aromatic N) is 2. The second-order valence-electron chi connectivity index (χ2n) is 4.53. The molecule has 3 aromatic rings. The number of hydrogen-bond donors (Lipinski definition) is 0. The Kier molecular flexibility index (Phi) is 3.55. The molecule has 0 aliphatic carbocycles. The van der Waals surface area contributed by atoms with Gasteiger partial charge in [-0.05, 0) is 37.3 Å². The summed E-state index contributed by atoms with van der Waals surface area (Å²) in [5.41, 5.74) is 2.56. The van der Waals surface area contributed by atoms with Crippen LogP contribution in [0.4, 0.5) is 0 Å². The molecule has 0 spiro atoms. The topological polar surface area (TPSA) is 56.7 Å². The lowest BCUT2D eigenvalue weighted by Crippen LogP contribution is -2.04. The number of aromatic nitrogens is 2. The third-order valence-electron chi connectivity index (χ3n) is 3.11. The van der Waals surface area contributed by atoms with Gasteiger partial charge in [-0.25, -0.2) is 9.78 Å². The average molecular weight is 282 g/mol. The number of aryl methyl sites for hydroxylation is 1. The number of carbonyl (C=O) groups excluding carboxylic acids is 1. The molecule has 0 aliphatic rings. The van der Waals surface area contributed by atoms with E-state index in [1.165, 1.54) is 6.08 Å². The zero-order chi connectivity index (χ0) is 14.7. The molecule has 0 atom stereocenters. The summed E-state index contributed by atoms with van der Waals surface area (Å²) in [4.78, 5) is 16.1. The summed E-state index contributed by atoms with van der Waals surface area (Å²) in [5, 5.41) is 0. The van der Waals surface area contributed by atoms with E-state index in [0.29, 0.717) is 5.76 Å². The number of imidazole rings is 1. The van der Waals surface area contributed by atoms with Crippen molar-refractivity contribution in [1.29, 1.82) is 0 Å². The molecule has 0 saturated heterocycles. The predicted octanol–water partition coefficient (Wildman–Crippen LogP) is 2.99. The van der Waals surface area contributed by atoms with Gasteiger partial charge in [0.25, 0.3) is 0 Å². The lowest BCUT2D eigenvalue weighted by Gasteiger charge is -2.03. The van der Waals surface area contributed by atoms with Crippen LogP contribution >= 0.6 is 0 Å². The largest absolute Gasteiger partial charge is 0.465 e. The van der Waals surface area contributed by atoms with Gasteiger partial charge in [-0.3, -0.25) is 0 Å². The summed E-state index contributed by atoms with van der Waals surface area (Å²) in [6.07, 6.45) is 6.37. The second-order valence-corrected chi connectivity index (χ2v) is 4.53. The van der Waals surface area contributed by atoms with Crippen molar-refractivity contribution in [1.82, 2.24) is 9.38 Å². The van der Waals surface area contributed by atoms with Gasteiger partial charge in [-0.2, -0.15) is 0 Å². The molecule has 0 bridgehead atoms. The van der Waals surface area contributed by atoms with E-state index in [-0.39, 0.29) is 6.61 Å². The Balaban J connectivity index is 1.69. The first-order chi connectivity index (χ1) is 10.2. The van der Waals surface area contributed by atoms with E-state index in [0.717, 1.165) is 17.0 Å². The Morgan fingerprint density at radius 2 is 2.29 bits per heavy atom. The molecule has 3 aromatic heterocycles. The van der Waals surface area contributed by atoms with Crippen molar-refractivity contribution >= 4 is 17.7 Å². The number of pyridine rings is 1. The molecule has 0 N–H and O–H groups in total. The maximum atomic E-state index is 11.7. The van der Waals surface area contributed by atoms with Crippen molar-refractivity contribution in [2.75, 3.05) is 0 Å². The van der Waals surface area contributed by atoms with Crippen molar-refractivity contribution in [3.63, 3.8) is 0 Å². The van der Waals surface area contributed by atoms with Crippen LogP contribution in [0.2, 0.25) is 0 Å². The molecular formula is C16H14N2O3. The minimum Gasteiger partial charge on any atom is -0.465 e. The molecular weight excluding hydrogens is 268 g/mol.